The normalized spacial score (nSPS) is 14.2. The quantitative estimate of drug-likeness (QED) is 0.896. The lowest BCUT2D eigenvalue weighted by atomic mass is 9.99. The largest absolute Gasteiger partial charge is 0.394 e. The highest BCUT2D eigenvalue weighted by atomic mass is 79.9. The van der Waals surface area contributed by atoms with Crippen LogP contribution in [0.5, 0.6) is 0 Å². The van der Waals surface area contributed by atoms with Gasteiger partial charge in [0.1, 0.15) is 0 Å². The van der Waals surface area contributed by atoms with Crippen LogP contribution >= 0.6 is 27.5 Å². The zero-order valence-corrected chi connectivity index (χ0v) is 12.1. The molecular weight excluding hydrogens is 305 g/mol. The Kier molecular flexibility index (Phi) is 4.98. The minimum atomic E-state index is -0.605. The van der Waals surface area contributed by atoms with E-state index in [1.54, 1.807) is 25.1 Å². The maximum atomic E-state index is 12.0. The maximum absolute atomic E-state index is 12.0. The monoisotopic (exact) mass is 319 g/mol. The summed E-state index contributed by atoms with van der Waals surface area (Å²) in [4.78, 5) is 12.0. The van der Waals surface area contributed by atoms with Crippen molar-refractivity contribution in [3.63, 3.8) is 0 Å². The third-order valence-corrected chi connectivity index (χ3v) is 3.35. The van der Waals surface area contributed by atoms with Crippen molar-refractivity contribution >= 4 is 33.4 Å². The molecule has 1 amide bonds. The molecule has 0 aliphatic heterocycles. The molecule has 1 atom stereocenters. The van der Waals surface area contributed by atoms with Crippen molar-refractivity contribution in [3.8, 4) is 0 Å². The summed E-state index contributed by atoms with van der Waals surface area (Å²) in [6, 6.07) is 4.99. The highest BCUT2D eigenvalue weighted by Gasteiger charge is 2.23. The average Bonchev–Trinajstić information content (AvgIpc) is 2.27. The molecule has 0 fully saturated rings. The first-order chi connectivity index (χ1) is 7.90. The highest BCUT2D eigenvalue weighted by molar-refractivity contribution is 9.10. The van der Waals surface area contributed by atoms with Gasteiger partial charge in [0.25, 0.3) is 5.91 Å². The van der Waals surface area contributed by atoms with Gasteiger partial charge in [0.05, 0.1) is 12.1 Å². The summed E-state index contributed by atoms with van der Waals surface area (Å²) in [6.07, 6.45) is 0.650. The van der Waals surface area contributed by atoms with Crippen LogP contribution in [-0.2, 0) is 0 Å². The molecule has 0 saturated carbocycles. The Hall–Kier alpha value is -0.580. The van der Waals surface area contributed by atoms with E-state index in [1.165, 1.54) is 0 Å². The van der Waals surface area contributed by atoms with Crippen LogP contribution in [0.2, 0.25) is 5.02 Å². The number of halogens is 2. The summed E-state index contributed by atoms with van der Waals surface area (Å²) in [5.41, 5.74) is -0.135. The van der Waals surface area contributed by atoms with Crippen LogP contribution in [0.3, 0.4) is 0 Å². The van der Waals surface area contributed by atoms with Crippen LogP contribution in [0.1, 0.15) is 30.6 Å². The Morgan fingerprint density at radius 2 is 2.18 bits per heavy atom. The molecule has 94 valence electrons. The molecule has 1 aromatic rings. The minimum Gasteiger partial charge on any atom is -0.394 e. The van der Waals surface area contributed by atoms with Gasteiger partial charge < -0.3 is 10.4 Å². The Morgan fingerprint density at radius 3 is 2.65 bits per heavy atom. The van der Waals surface area contributed by atoms with Gasteiger partial charge in [-0.15, -0.1) is 0 Å². The molecule has 0 heterocycles. The van der Waals surface area contributed by atoms with E-state index in [4.69, 9.17) is 11.6 Å². The van der Waals surface area contributed by atoms with Gasteiger partial charge in [-0.1, -0.05) is 34.5 Å². The molecule has 0 saturated heterocycles. The fourth-order valence-corrected chi connectivity index (χ4v) is 2.13. The second-order valence-electron chi connectivity index (χ2n) is 4.18. The zero-order valence-electron chi connectivity index (χ0n) is 9.76. The Balaban J connectivity index is 2.90. The van der Waals surface area contributed by atoms with E-state index >= 15 is 0 Å². The zero-order chi connectivity index (χ0) is 13.1. The van der Waals surface area contributed by atoms with Crippen LogP contribution in [0.15, 0.2) is 22.7 Å². The Bertz CT molecular complexity index is 399. The van der Waals surface area contributed by atoms with E-state index in [2.05, 4.69) is 21.2 Å². The van der Waals surface area contributed by atoms with Gasteiger partial charge in [-0.2, -0.15) is 0 Å². The predicted molar refractivity (Wildman–Crippen MR) is 72.4 cm³/mol. The van der Waals surface area contributed by atoms with Crippen molar-refractivity contribution in [2.45, 2.75) is 25.8 Å². The molecule has 0 aromatic heterocycles. The number of hydrogen-bond donors (Lipinski definition) is 2. The van der Waals surface area contributed by atoms with Gasteiger partial charge in [-0.25, -0.2) is 0 Å². The number of aliphatic hydroxyl groups is 1. The lowest BCUT2D eigenvalue weighted by molar-refractivity contribution is 0.0847. The molecule has 3 nitrogen and oxygen atoms in total. The Labute approximate surface area is 114 Å². The van der Waals surface area contributed by atoms with Gasteiger partial charge in [-0.3, -0.25) is 4.79 Å². The number of benzene rings is 1. The summed E-state index contributed by atoms with van der Waals surface area (Å²) < 4.78 is 0.748. The van der Waals surface area contributed by atoms with Gasteiger partial charge in [0.2, 0.25) is 0 Å². The van der Waals surface area contributed by atoms with Crippen molar-refractivity contribution in [2.24, 2.45) is 0 Å². The number of amides is 1. The Morgan fingerprint density at radius 1 is 1.53 bits per heavy atom. The van der Waals surface area contributed by atoms with E-state index in [-0.39, 0.29) is 12.5 Å². The fourth-order valence-electron chi connectivity index (χ4n) is 1.27. The van der Waals surface area contributed by atoms with Crippen LogP contribution < -0.4 is 5.32 Å². The first-order valence-corrected chi connectivity index (χ1v) is 6.47. The van der Waals surface area contributed by atoms with Crippen LogP contribution in [0.4, 0.5) is 0 Å². The number of hydrogen-bond acceptors (Lipinski definition) is 2. The molecule has 17 heavy (non-hydrogen) atoms. The van der Waals surface area contributed by atoms with E-state index in [1.807, 2.05) is 6.92 Å². The topological polar surface area (TPSA) is 49.3 Å². The van der Waals surface area contributed by atoms with Crippen molar-refractivity contribution in [1.82, 2.24) is 5.32 Å². The number of nitrogens with one attached hydrogen (secondary N) is 1. The summed E-state index contributed by atoms with van der Waals surface area (Å²) in [5.74, 6) is -0.244. The lowest BCUT2D eigenvalue weighted by Crippen LogP contribution is -2.48. The summed E-state index contributed by atoms with van der Waals surface area (Å²) in [5, 5.41) is 12.5. The third kappa shape index (κ3) is 3.98. The second kappa shape index (κ2) is 5.85. The lowest BCUT2D eigenvalue weighted by Gasteiger charge is -2.27. The first-order valence-electron chi connectivity index (χ1n) is 5.29. The van der Waals surface area contributed by atoms with Crippen LogP contribution in [0.25, 0.3) is 0 Å². The molecule has 0 spiro atoms. The second-order valence-corrected chi connectivity index (χ2v) is 5.54. The van der Waals surface area contributed by atoms with Gasteiger partial charge in [0.15, 0.2) is 0 Å². The van der Waals surface area contributed by atoms with E-state index in [9.17, 15) is 9.90 Å². The molecule has 0 aliphatic rings. The smallest absolute Gasteiger partial charge is 0.251 e. The molecule has 0 aliphatic carbocycles. The molecule has 5 heteroatoms. The fraction of sp³-hybridized carbons (Fsp3) is 0.417. The molecule has 0 radical (unpaired) electrons. The van der Waals surface area contributed by atoms with E-state index < -0.39 is 5.54 Å². The van der Waals surface area contributed by atoms with Crippen LogP contribution in [-0.4, -0.2) is 23.2 Å². The average molecular weight is 321 g/mol. The van der Waals surface area contributed by atoms with Gasteiger partial charge in [0, 0.05) is 15.1 Å². The number of carbonyl (C=O) groups is 1. The van der Waals surface area contributed by atoms with Gasteiger partial charge in [-0.05, 0) is 31.5 Å². The highest BCUT2D eigenvalue weighted by Crippen LogP contribution is 2.20. The molecule has 0 bridgehead atoms. The molecule has 1 unspecified atom stereocenters. The van der Waals surface area contributed by atoms with Crippen LogP contribution in [0, 0.1) is 0 Å². The molecule has 2 N–H and O–H groups in total. The number of carbonyl (C=O) groups excluding carboxylic acids is 1. The minimum absolute atomic E-state index is 0.100. The molecular formula is C12H15BrClNO2. The van der Waals surface area contributed by atoms with Gasteiger partial charge >= 0.3 is 0 Å². The van der Waals surface area contributed by atoms with E-state index in [0.717, 1.165) is 4.47 Å². The van der Waals surface area contributed by atoms with Crippen molar-refractivity contribution in [1.29, 1.82) is 0 Å². The summed E-state index contributed by atoms with van der Waals surface area (Å²) >= 11 is 9.16. The third-order valence-electron chi connectivity index (χ3n) is 2.67. The number of aliphatic hydroxyl groups excluding tert-OH is 1. The SMILES string of the molecule is CCC(C)(CO)NC(=O)c1cc(Cl)cc(Br)c1. The van der Waals surface area contributed by atoms with Crippen molar-refractivity contribution in [3.05, 3.63) is 33.3 Å². The maximum Gasteiger partial charge on any atom is 0.251 e. The summed E-state index contributed by atoms with van der Waals surface area (Å²) in [7, 11) is 0. The van der Waals surface area contributed by atoms with Crippen molar-refractivity contribution < 1.29 is 9.90 Å². The standard InChI is InChI=1S/C12H15BrClNO2/c1-3-12(2,7-16)15-11(17)8-4-9(13)6-10(14)5-8/h4-6,16H,3,7H2,1-2H3,(H,15,17). The number of rotatable bonds is 4. The summed E-state index contributed by atoms with van der Waals surface area (Å²) in [6.45, 7) is 3.60. The first kappa shape index (κ1) is 14.5. The molecule has 1 rings (SSSR count). The molecule has 1 aromatic carbocycles. The van der Waals surface area contributed by atoms with E-state index in [0.29, 0.717) is 17.0 Å². The van der Waals surface area contributed by atoms with Crippen molar-refractivity contribution in [2.75, 3.05) is 6.61 Å². The predicted octanol–water partition coefficient (Wildman–Crippen LogP) is 2.99.